The second kappa shape index (κ2) is 18.6. The van der Waals surface area contributed by atoms with E-state index in [2.05, 4.69) is 48.6 Å². The quantitative estimate of drug-likeness (QED) is 0.113. The van der Waals surface area contributed by atoms with Crippen LogP contribution in [0.25, 0.3) is 11.1 Å². The lowest BCUT2D eigenvalue weighted by molar-refractivity contribution is -0.132. The Bertz CT molecular complexity index is 1460. The summed E-state index contributed by atoms with van der Waals surface area (Å²) in [6.45, 7) is 10.6. The molecular formula is C38H53F2N3O3SSi. The molecule has 10 heteroatoms. The predicted molar refractivity (Wildman–Crippen MR) is 196 cm³/mol. The molecule has 1 aliphatic carbocycles. The first-order valence-electron chi connectivity index (χ1n) is 17.5. The van der Waals surface area contributed by atoms with Crippen molar-refractivity contribution in [2.75, 3.05) is 31.2 Å². The Morgan fingerprint density at radius 1 is 1.06 bits per heavy atom. The van der Waals surface area contributed by atoms with Gasteiger partial charge in [-0.15, -0.1) is 0 Å². The number of thioether (sulfide) groups is 1. The summed E-state index contributed by atoms with van der Waals surface area (Å²) in [6, 6.07) is 16.2. The Labute approximate surface area is 291 Å². The van der Waals surface area contributed by atoms with Gasteiger partial charge in [-0.3, -0.25) is 4.79 Å². The van der Waals surface area contributed by atoms with E-state index in [0.717, 1.165) is 67.6 Å². The van der Waals surface area contributed by atoms with E-state index in [1.165, 1.54) is 12.1 Å². The zero-order chi connectivity index (χ0) is 34.5. The molecule has 0 radical (unpaired) electrons. The highest BCUT2D eigenvalue weighted by molar-refractivity contribution is 7.99. The molecule has 2 aromatic carbocycles. The number of carbonyl (C=O) groups is 2. The highest BCUT2D eigenvalue weighted by Crippen LogP contribution is 2.41. The lowest BCUT2D eigenvalue weighted by Gasteiger charge is -2.40. The molecule has 1 heterocycles. The van der Waals surface area contributed by atoms with Crippen LogP contribution < -0.4 is 5.32 Å². The van der Waals surface area contributed by atoms with Crippen LogP contribution in [0.2, 0.25) is 25.7 Å². The molecule has 1 N–H and O–H groups in total. The maximum atomic E-state index is 15.2. The fourth-order valence-electron chi connectivity index (χ4n) is 6.41. The number of benzene rings is 2. The summed E-state index contributed by atoms with van der Waals surface area (Å²) in [5.41, 5.74) is 2.81. The standard InChI is InChI=1S/C38H53F2N3O3SSi/c1-5-22-47-28-36(44)43(20-12-19-41-38(45)46-21-23-48(2,3)4)37(30-15-10-7-11-16-30)35-24-31(33-25-32(39)17-18-34(33)40)27-42(35)26-29-13-8-6-9-14-29/h6,8-9,13-14,17-18,24-25,27,30,37H,5,7,10-12,15-16,19-23,26,28H2,1-4H3,(H,41,45)/t37-/m1/s1. The minimum atomic E-state index is -1.31. The molecule has 0 unspecified atom stereocenters. The van der Waals surface area contributed by atoms with Crippen LogP contribution in [0.15, 0.2) is 60.8 Å². The van der Waals surface area contributed by atoms with Gasteiger partial charge in [-0.2, -0.15) is 11.8 Å². The number of nitrogens with one attached hydrogen (secondary N) is 1. The molecule has 1 saturated carbocycles. The Morgan fingerprint density at radius 2 is 1.81 bits per heavy atom. The van der Waals surface area contributed by atoms with Gasteiger partial charge in [0.25, 0.3) is 0 Å². The molecule has 0 aliphatic heterocycles. The molecule has 1 atom stereocenters. The summed E-state index contributed by atoms with van der Waals surface area (Å²) in [7, 11) is -1.31. The molecule has 48 heavy (non-hydrogen) atoms. The van der Waals surface area contributed by atoms with E-state index < -0.39 is 25.8 Å². The van der Waals surface area contributed by atoms with E-state index in [0.29, 0.717) is 44.0 Å². The normalized spacial score (nSPS) is 14.5. The maximum absolute atomic E-state index is 15.2. The van der Waals surface area contributed by atoms with Gasteiger partial charge in [0, 0.05) is 50.7 Å². The summed E-state index contributed by atoms with van der Waals surface area (Å²) < 4.78 is 37.1. The number of alkyl carbamates (subject to hydrolysis) is 1. The van der Waals surface area contributed by atoms with Gasteiger partial charge in [0.1, 0.15) is 11.6 Å². The molecule has 0 spiro atoms. The fraction of sp³-hybridized carbons (Fsp3) is 0.526. The van der Waals surface area contributed by atoms with Crippen LogP contribution in [-0.4, -0.2) is 60.7 Å². The molecule has 1 aromatic heterocycles. The summed E-state index contributed by atoms with van der Waals surface area (Å²) in [5, 5.41) is 2.88. The molecule has 1 fully saturated rings. The first-order valence-corrected chi connectivity index (χ1v) is 22.4. The highest BCUT2D eigenvalue weighted by Gasteiger charge is 2.35. The third-order valence-corrected chi connectivity index (χ3v) is 11.8. The SMILES string of the molecule is CCCSCC(=O)N(CCCNC(=O)OCC[Si](C)(C)C)[C@@H](c1cc(-c2cc(F)ccc2F)cn1Cc1ccccc1)C1CCCCC1. The average Bonchev–Trinajstić information content (AvgIpc) is 3.46. The van der Waals surface area contributed by atoms with Crippen LogP contribution >= 0.6 is 11.8 Å². The Hall–Kier alpha value is -3.11. The zero-order valence-corrected chi connectivity index (χ0v) is 30.9. The van der Waals surface area contributed by atoms with Crippen molar-refractivity contribution in [2.24, 2.45) is 5.92 Å². The molecule has 6 nitrogen and oxygen atoms in total. The lowest BCUT2D eigenvalue weighted by atomic mass is 9.81. The first kappa shape index (κ1) is 37.7. The number of amides is 2. The largest absolute Gasteiger partial charge is 0.450 e. The van der Waals surface area contributed by atoms with Crippen molar-refractivity contribution >= 4 is 31.8 Å². The summed E-state index contributed by atoms with van der Waals surface area (Å²) in [6.07, 6.45) is 8.34. The number of hydrogen-bond donors (Lipinski definition) is 1. The maximum Gasteiger partial charge on any atom is 0.407 e. The van der Waals surface area contributed by atoms with Crippen LogP contribution in [0.4, 0.5) is 13.6 Å². The van der Waals surface area contributed by atoms with Gasteiger partial charge in [0.15, 0.2) is 0 Å². The average molecular weight is 698 g/mol. The van der Waals surface area contributed by atoms with Gasteiger partial charge in [-0.25, -0.2) is 13.6 Å². The van der Waals surface area contributed by atoms with E-state index in [1.807, 2.05) is 35.4 Å². The second-order valence-corrected chi connectivity index (χ2v) is 20.8. The van der Waals surface area contributed by atoms with Crippen molar-refractivity contribution in [1.82, 2.24) is 14.8 Å². The number of ether oxygens (including phenoxy) is 1. The molecule has 3 aromatic rings. The molecule has 4 rings (SSSR count). The van der Waals surface area contributed by atoms with Gasteiger partial charge < -0.3 is 19.5 Å². The van der Waals surface area contributed by atoms with Crippen molar-refractivity contribution in [3.63, 3.8) is 0 Å². The third-order valence-electron chi connectivity index (χ3n) is 8.92. The zero-order valence-electron chi connectivity index (χ0n) is 29.1. The van der Waals surface area contributed by atoms with Gasteiger partial charge in [0.2, 0.25) is 5.91 Å². The van der Waals surface area contributed by atoms with Crippen molar-refractivity contribution in [3.05, 3.63) is 83.7 Å². The molecule has 262 valence electrons. The molecule has 1 aliphatic rings. The minimum Gasteiger partial charge on any atom is -0.450 e. The van der Waals surface area contributed by atoms with Crippen molar-refractivity contribution in [3.8, 4) is 11.1 Å². The van der Waals surface area contributed by atoms with Gasteiger partial charge >= 0.3 is 6.09 Å². The highest BCUT2D eigenvalue weighted by atomic mass is 32.2. The number of nitrogens with zero attached hydrogens (tertiary/aromatic N) is 2. The van der Waals surface area contributed by atoms with Crippen molar-refractivity contribution in [1.29, 1.82) is 0 Å². The van der Waals surface area contributed by atoms with Crippen molar-refractivity contribution in [2.45, 2.75) is 90.1 Å². The smallest absolute Gasteiger partial charge is 0.407 e. The summed E-state index contributed by atoms with van der Waals surface area (Å²) in [4.78, 5) is 28.6. The van der Waals surface area contributed by atoms with E-state index in [-0.39, 0.29) is 23.4 Å². The van der Waals surface area contributed by atoms with Gasteiger partial charge in [-0.05, 0) is 73.2 Å². The number of hydrogen-bond acceptors (Lipinski definition) is 4. The number of carbonyl (C=O) groups excluding carboxylic acids is 2. The van der Waals surface area contributed by atoms with Crippen molar-refractivity contribution < 1.29 is 23.1 Å². The Morgan fingerprint density at radius 3 is 2.52 bits per heavy atom. The molecular weight excluding hydrogens is 645 g/mol. The molecule has 2 amide bonds. The first-order chi connectivity index (χ1) is 23.1. The van der Waals surface area contributed by atoms with Gasteiger partial charge in [0.05, 0.1) is 18.4 Å². The van der Waals surface area contributed by atoms with Crippen LogP contribution in [0.3, 0.4) is 0 Å². The second-order valence-electron chi connectivity index (χ2n) is 14.1. The number of halogens is 2. The summed E-state index contributed by atoms with van der Waals surface area (Å²) in [5.74, 6) is 0.560. The van der Waals surface area contributed by atoms with Crippen LogP contribution in [0.1, 0.15) is 69.2 Å². The van der Waals surface area contributed by atoms with E-state index >= 15 is 4.39 Å². The van der Waals surface area contributed by atoms with E-state index in [1.54, 1.807) is 11.8 Å². The lowest BCUT2D eigenvalue weighted by Crippen LogP contribution is -2.42. The third kappa shape index (κ3) is 11.5. The Balaban J connectivity index is 1.68. The topological polar surface area (TPSA) is 63.6 Å². The van der Waals surface area contributed by atoms with E-state index in [9.17, 15) is 14.0 Å². The monoisotopic (exact) mass is 697 g/mol. The predicted octanol–water partition coefficient (Wildman–Crippen LogP) is 9.53. The molecule has 0 saturated heterocycles. The fourth-order valence-corrected chi connectivity index (χ4v) is 7.90. The van der Waals surface area contributed by atoms with Crippen LogP contribution in [0, 0.1) is 17.6 Å². The minimum absolute atomic E-state index is 0.0627. The summed E-state index contributed by atoms with van der Waals surface area (Å²) >= 11 is 1.64. The molecule has 0 bridgehead atoms. The van der Waals surface area contributed by atoms with E-state index in [4.69, 9.17) is 4.74 Å². The van der Waals surface area contributed by atoms with Crippen LogP contribution in [-0.2, 0) is 16.1 Å². The van der Waals surface area contributed by atoms with Crippen LogP contribution in [0.5, 0.6) is 0 Å². The van der Waals surface area contributed by atoms with Gasteiger partial charge in [-0.1, -0.05) is 76.2 Å². The Kier molecular flexibility index (Phi) is 14.6. The number of rotatable bonds is 17. The number of aromatic nitrogens is 1.